The molecule has 13 heavy (non-hydrogen) atoms. The van der Waals surface area contributed by atoms with E-state index in [4.69, 9.17) is 0 Å². The van der Waals surface area contributed by atoms with E-state index in [1.807, 2.05) is 6.92 Å². The summed E-state index contributed by atoms with van der Waals surface area (Å²) in [6.45, 7) is 4.04. The first kappa shape index (κ1) is 11.0. The second kappa shape index (κ2) is 4.45. The monoisotopic (exact) mass is 204 g/mol. The maximum Gasteiger partial charge on any atom is 0.152 e. The average Bonchev–Trinajstić information content (AvgIpc) is 2.07. The van der Waals surface area contributed by atoms with Crippen LogP contribution in [0.2, 0.25) is 0 Å². The molecule has 0 spiro atoms. The Morgan fingerprint density at radius 3 is 2.62 bits per heavy atom. The van der Waals surface area contributed by atoms with Crippen LogP contribution in [0.5, 0.6) is 0 Å². The van der Waals surface area contributed by atoms with Crippen LogP contribution >= 0.6 is 0 Å². The fourth-order valence-corrected chi connectivity index (χ4v) is 3.65. The Labute approximate surface area is 81.6 Å². The van der Waals surface area contributed by atoms with Crippen LogP contribution in [0, 0.1) is 5.92 Å². The van der Waals surface area contributed by atoms with Gasteiger partial charge in [0.1, 0.15) is 0 Å². The van der Waals surface area contributed by atoms with Gasteiger partial charge in [0.25, 0.3) is 0 Å². The molecule has 0 amide bonds. The molecule has 0 aromatic heterocycles. The molecular formula is C10H20O2S. The van der Waals surface area contributed by atoms with Crippen molar-refractivity contribution in [2.45, 2.75) is 51.2 Å². The Hall–Kier alpha value is -0.0500. The van der Waals surface area contributed by atoms with Gasteiger partial charge in [-0.25, -0.2) is 8.42 Å². The Morgan fingerprint density at radius 2 is 2.08 bits per heavy atom. The molecule has 2 atom stereocenters. The normalized spacial score (nSPS) is 33.1. The molecule has 1 rings (SSSR count). The van der Waals surface area contributed by atoms with Gasteiger partial charge in [0, 0.05) is 0 Å². The molecule has 0 aromatic rings. The van der Waals surface area contributed by atoms with Crippen molar-refractivity contribution in [3.05, 3.63) is 0 Å². The van der Waals surface area contributed by atoms with E-state index in [0.29, 0.717) is 11.7 Å². The van der Waals surface area contributed by atoms with Crippen molar-refractivity contribution in [2.75, 3.05) is 5.75 Å². The molecule has 0 aliphatic carbocycles. The summed E-state index contributed by atoms with van der Waals surface area (Å²) in [5.41, 5.74) is 0. The van der Waals surface area contributed by atoms with E-state index in [-0.39, 0.29) is 5.25 Å². The van der Waals surface area contributed by atoms with Gasteiger partial charge in [0.05, 0.1) is 11.0 Å². The number of hydrogen-bond donors (Lipinski definition) is 0. The summed E-state index contributed by atoms with van der Waals surface area (Å²) in [7, 11) is -2.72. The number of sulfone groups is 1. The molecule has 0 aromatic carbocycles. The standard InChI is InChI=1S/C10H20O2S/c1-3-4-5-10-6-7-13(11,12)9(2)8-10/h9-10H,3-8H2,1-2H3/t9-,10+/m1/s1. The van der Waals surface area contributed by atoms with Crippen LogP contribution in [-0.2, 0) is 9.84 Å². The minimum absolute atomic E-state index is 0.0943. The summed E-state index contributed by atoms with van der Waals surface area (Å²) in [6, 6.07) is 0. The quantitative estimate of drug-likeness (QED) is 0.707. The number of rotatable bonds is 3. The van der Waals surface area contributed by atoms with Crippen molar-refractivity contribution in [1.29, 1.82) is 0 Å². The Bertz CT molecular complexity index is 244. The largest absolute Gasteiger partial charge is 0.229 e. The zero-order chi connectivity index (χ0) is 9.90. The summed E-state index contributed by atoms with van der Waals surface area (Å²) < 4.78 is 22.8. The van der Waals surface area contributed by atoms with Crippen LogP contribution in [0.15, 0.2) is 0 Å². The molecule has 0 N–H and O–H groups in total. The molecule has 0 saturated carbocycles. The lowest BCUT2D eigenvalue weighted by Gasteiger charge is -2.26. The minimum Gasteiger partial charge on any atom is -0.229 e. The molecular weight excluding hydrogens is 184 g/mol. The van der Waals surface area contributed by atoms with Gasteiger partial charge in [0.15, 0.2) is 9.84 Å². The van der Waals surface area contributed by atoms with Gasteiger partial charge in [-0.15, -0.1) is 0 Å². The zero-order valence-electron chi connectivity index (χ0n) is 8.62. The molecule has 0 radical (unpaired) electrons. The SMILES string of the molecule is CCCC[C@H]1CCS(=O)(=O)[C@H](C)C1. The van der Waals surface area contributed by atoms with Crippen LogP contribution in [0.25, 0.3) is 0 Å². The summed E-state index contributed by atoms with van der Waals surface area (Å²) in [5, 5.41) is -0.0943. The van der Waals surface area contributed by atoms with E-state index in [9.17, 15) is 8.42 Å². The third kappa shape index (κ3) is 2.97. The lowest BCUT2D eigenvalue weighted by Crippen LogP contribution is -2.30. The lowest BCUT2D eigenvalue weighted by atomic mass is 9.94. The molecule has 3 heteroatoms. The van der Waals surface area contributed by atoms with Crippen molar-refractivity contribution < 1.29 is 8.42 Å². The van der Waals surface area contributed by atoms with Crippen molar-refractivity contribution >= 4 is 9.84 Å². The van der Waals surface area contributed by atoms with Crippen molar-refractivity contribution in [3.8, 4) is 0 Å². The summed E-state index contributed by atoms with van der Waals surface area (Å²) in [5.74, 6) is 1.08. The first-order chi connectivity index (χ1) is 6.06. The van der Waals surface area contributed by atoms with E-state index < -0.39 is 9.84 Å². The first-order valence-electron chi connectivity index (χ1n) is 5.28. The molecule has 0 bridgehead atoms. The summed E-state index contributed by atoms with van der Waals surface area (Å²) in [6.07, 6.45) is 5.47. The van der Waals surface area contributed by atoms with Crippen molar-refractivity contribution in [2.24, 2.45) is 5.92 Å². The van der Waals surface area contributed by atoms with E-state index in [1.54, 1.807) is 0 Å². The highest BCUT2D eigenvalue weighted by Gasteiger charge is 2.29. The molecule has 2 nitrogen and oxygen atoms in total. The molecule has 1 fully saturated rings. The van der Waals surface area contributed by atoms with E-state index in [1.165, 1.54) is 19.3 Å². The minimum atomic E-state index is -2.72. The molecule has 1 aliphatic heterocycles. The molecule has 0 unspecified atom stereocenters. The van der Waals surface area contributed by atoms with Gasteiger partial charge < -0.3 is 0 Å². The smallest absolute Gasteiger partial charge is 0.152 e. The predicted octanol–water partition coefficient (Wildman–Crippen LogP) is 2.39. The van der Waals surface area contributed by atoms with E-state index >= 15 is 0 Å². The maximum absolute atomic E-state index is 11.4. The first-order valence-corrected chi connectivity index (χ1v) is 6.99. The highest BCUT2D eigenvalue weighted by molar-refractivity contribution is 7.92. The maximum atomic E-state index is 11.4. The van der Waals surface area contributed by atoms with Gasteiger partial charge in [-0.1, -0.05) is 26.2 Å². The molecule has 1 saturated heterocycles. The Kier molecular flexibility index (Phi) is 3.77. The number of hydrogen-bond acceptors (Lipinski definition) is 2. The second-order valence-electron chi connectivity index (χ2n) is 4.21. The van der Waals surface area contributed by atoms with Gasteiger partial charge in [-0.2, -0.15) is 0 Å². The van der Waals surface area contributed by atoms with Crippen molar-refractivity contribution in [1.82, 2.24) is 0 Å². The second-order valence-corrected chi connectivity index (χ2v) is 6.75. The van der Waals surface area contributed by atoms with E-state index in [0.717, 1.165) is 12.8 Å². The molecule has 1 heterocycles. The van der Waals surface area contributed by atoms with Crippen LogP contribution in [0.3, 0.4) is 0 Å². The summed E-state index contributed by atoms with van der Waals surface area (Å²) >= 11 is 0. The third-order valence-corrected chi connectivity index (χ3v) is 5.28. The zero-order valence-corrected chi connectivity index (χ0v) is 9.44. The topological polar surface area (TPSA) is 34.1 Å². The average molecular weight is 204 g/mol. The van der Waals surface area contributed by atoms with Gasteiger partial charge in [-0.05, 0) is 25.7 Å². The van der Waals surface area contributed by atoms with Gasteiger partial charge in [0.2, 0.25) is 0 Å². The Balaban J connectivity index is 2.42. The molecule has 78 valence electrons. The number of unbranched alkanes of at least 4 members (excludes halogenated alkanes) is 1. The van der Waals surface area contributed by atoms with E-state index in [2.05, 4.69) is 6.92 Å². The van der Waals surface area contributed by atoms with Crippen LogP contribution in [-0.4, -0.2) is 19.4 Å². The van der Waals surface area contributed by atoms with Gasteiger partial charge in [-0.3, -0.25) is 0 Å². The highest BCUT2D eigenvalue weighted by atomic mass is 32.2. The van der Waals surface area contributed by atoms with Crippen LogP contribution < -0.4 is 0 Å². The van der Waals surface area contributed by atoms with Gasteiger partial charge >= 0.3 is 0 Å². The summed E-state index contributed by atoms with van der Waals surface area (Å²) in [4.78, 5) is 0. The van der Waals surface area contributed by atoms with Crippen molar-refractivity contribution in [3.63, 3.8) is 0 Å². The van der Waals surface area contributed by atoms with Crippen LogP contribution in [0.4, 0.5) is 0 Å². The fourth-order valence-electron chi connectivity index (χ4n) is 2.02. The third-order valence-electron chi connectivity index (χ3n) is 3.05. The highest BCUT2D eigenvalue weighted by Crippen LogP contribution is 2.28. The predicted molar refractivity (Wildman–Crippen MR) is 55.5 cm³/mol. The fraction of sp³-hybridized carbons (Fsp3) is 1.00. The Morgan fingerprint density at radius 1 is 1.38 bits per heavy atom. The molecule has 1 aliphatic rings. The lowest BCUT2D eigenvalue weighted by molar-refractivity contribution is 0.396. The van der Waals surface area contributed by atoms with Crippen LogP contribution in [0.1, 0.15) is 46.0 Å².